The van der Waals surface area contributed by atoms with Crippen LogP contribution in [0.3, 0.4) is 0 Å². The fourth-order valence-corrected chi connectivity index (χ4v) is 2.02. The average Bonchev–Trinajstić information content (AvgIpc) is 2.38. The number of carbonyl (C=O) groups excluding carboxylic acids is 1. The van der Waals surface area contributed by atoms with E-state index in [2.05, 4.69) is 5.32 Å². The molecule has 2 aliphatic rings. The minimum atomic E-state index is -2.85. The summed E-state index contributed by atoms with van der Waals surface area (Å²) in [4.78, 5) is 12.9. The highest BCUT2D eigenvalue weighted by atomic mass is 19.3. The molecule has 0 aromatic heterocycles. The SMILES string of the molecule is O=C(C1CNC1)N1CC(F)(F)CC1CO. The first-order valence-electron chi connectivity index (χ1n) is 5.03. The number of aliphatic hydroxyl groups excluding tert-OH is 1. The van der Waals surface area contributed by atoms with Crippen LogP contribution in [0.5, 0.6) is 0 Å². The molecule has 1 unspecified atom stereocenters. The van der Waals surface area contributed by atoms with Crippen molar-refractivity contribution < 1.29 is 18.7 Å². The molecule has 2 aliphatic heterocycles. The Hall–Kier alpha value is -0.750. The lowest BCUT2D eigenvalue weighted by atomic mass is 10.0. The summed E-state index contributed by atoms with van der Waals surface area (Å²) in [7, 11) is 0. The lowest BCUT2D eigenvalue weighted by molar-refractivity contribution is -0.139. The summed E-state index contributed by atoms with van der Waals surface area (Å²) in [5.41, 5.74) is 0. The van der Waals surface area contributed by atoms with Crippen LogP contribution in [0.15, 0.2) is 0 Å². The van der Waals surface area contributed by atoms with E-state index in [1.807, 2.05) is 0 Å². The molecule has 2 saturated heterocycles. The zero-order valence-corrected chi connectivity index (χ0v) is 8.25. The molecule has 0 aliphatic carbocycles. The van der Waals surface area contributed by atoms with E-state index in [-0.39, 0.29) is 18.4 Å². The Kier molecular flexibility index (Phi) is 2.64. The lowest BCUT2D eigenvalue weighted by Gasteiger charge is -2.32. The summed E-state index contributed by atoms with van der Waals surface area (Å²) in [5.74, 6) is -3.29. The number of halogens is 2. The molecule has 1 atom stereocenters. The highest BCUT2D eigenvalue weighted by Crippen LogP contribution is 2.32. The van der Waals surface area contributed by atoms with Gasteiger partial charge in [-0.1, -0.05) is 0 Å². The van der Waals surface area contributed by atoms with Crippen molar-refractivity contribution in [1.29, 1.82) is 0 Å². The van der Waals surface area contributed by atoms with Gasteiger partial charge in [-0.15, -0.1) is 0 Å². The van der Waals surface area contributed by atoms with E-state index in [0.29, 0.717) is 13.1 Å². The summed E-state index contributed by atoms with van der Waals surface area (Å²) < 4.78 is 26.1. The van der Waals surface area contributed by atoms with Crippen molar-refractivity contribution in [3.05, 3.63) is 0 Å². The molecular formula is C9H14F2N2O2. The van der Waals surface area contributed by atoms with Crippen LogP contribution in [0.4, 0.5) is 8.78 Å². The average molecular weight is 220 g/mol. The molecule has 0 saturated carbocycles. The van der Waals surface area contributed by atoms with E-state index < -0.39 is 24.9 Å². The molecule has 86 valence electrons. The molecule has 0 aromatic carbocycles. The molecule has 4 nitrogen and oxygen atoms in total. The monoisotopic (exact) mass is 220 g/mol. The smallest absolute Gasteiger partial charge is 0.267 e. The number of likely N-dealkylation sites (tertiary alicyclic amines) is 1. The predicted octanol–water partition coefficient (Wildman–Crippen LogP) is -0.566. The van der Waals surface area contributed by atoms with Crippen LogP contribution in [0.1, 0.15) is 6.42 Å². The third-order valence-electron chi connectivity index (χ3n) is 3.00. The minimum Gasteiger partial charge on any atom is -0.394 e. The number of hydrogen-bond acceptors (Lipinski definition) is 3. The highest BCUT2D eigenvalue weighted by molar-refractivity contribution is 5.81. The van der Waals surface area contributed by atoms with Gasteiger partial charge in [0, 0.05) is 19.5 Å². The first-order valence-corrected chi connectivity index (χ1v) is 5.03. The first kappa shape index (κ1) is 10.8. The van der Waals surface area contributed by atoms with Crippen LogP contribution in [0.25, 0.3) is 0 Å². The van der Waals surface area contributed by atoms with E-state index >= 15 is 0 Å². The summed E-state index contributed by atoms with van der Waals surface area (Å²) in [5, 5.41) is 11.9. The number of carbonyl (C=O) groups is 1. The van der Waals surface area contributed by atoms with Crippen molar-refractivity contribution in [2.45, 2.75) is 18.4 Å². The fraction of sp³-hybridized carbons (Fsp3) is 0.889. The first-order chi connectivity index (χ1) is 7.03. The van der Waals surface area contributed by atoms with E-state index in [0.717, 1.165) is 4.90 Å². The van der Waals surface area contributed by atoms with Gasteiger partial charge in [0.2, 0.25) is 5.91 Å². The standard InChI is InChI=1S/C9H14F2N2O2/c10-9(11)1-7(4-14)13(5-9)8(15)6-2-12-3-6/h6-7,12,14H,1-5H2. The maximum atomic E-state index is 13.1. The normalized spacial score (nSPS) is 30.3. The highest BCUT2D eigenvalue weighted by Gasteiger charge is 2.48. The Morgan fingerprint density at radius 1 is 1.53 bits per heavy atom. The van der Waals surface area contributed by atoms with E-state index in [1.54, 1.807) is 0 Å². The molecule has 0 aromatic rings. The van der Waals surface area contributed by atoms with Crippen LogP contribution in [0, 0.1) is 5.92 Å². The Morgan fingerprint density at radius 2 is 2.20 bits per heavy atom. The fourth-order valence-electron chi connectivity index (χ4n) is 2.02. The third kappa shape index (κ3) is 1.96. The second-order valence-corrected chi connectivity index (χ2v) is 4.22. The molecule has 2 fully saturated rings. The molecule has 0 radical (unpaired) electrons. The molecule has 2 heterocycles. The Labute approximate surface area is 86.2 Å². The van der Waals surface area contributed by atoms with Gasteiger partial charge in [-0.3, -0.25) is 4.79 Å². The second kappa shape index (κ2) is 3.68. The van der Waals surface area contributed by atoms with Gasteiger partial charge < -0.3 is 15.3 Å². The van der Waals surface area contributed by atoms with Crippen molar-refractivity contribution in [2.75, 3.05) is 26.2 Å². The van der Waals surface area contributed by atoms with Gasteiger partial charge in [0.25, 0.3) is 5.92 Å². The minimum absolute atomic E-state index is 0.187. The number of aliphatic hydroxyl groups is 1. The Morgan fingerprint density at radius 3 is 2.67 bits per heavy atom. The third-order valence-corrected chi connectivity index (χ3v) is 3.00. The topological polar surface area (TPSA) is 52.6 Å². The molecule has 6 heteroatoms. The molecule has 1 amide bonds. The van der Waals surface area contributed by atoms with Gasteiger partial charge in [0.05, 0.1) is 25.1 Å². The molecule has 15 heavy (non-hydrogen) atoms. The number of hydrogen-bond donors (Lipinski definition) is 2. The van der Waals surface area contributed by atoms with Crippen LogP contribution in [-0.4, -0.2) is 54.1 Å². The van der Waals surface area contributed by atoms with Crippen molar-refractivity contribution in [1.82, 2.24) is 10.2 Å². The van der Waals surface area contributed by atoms with Crippen molar-refractivity contribution in [2.24, 2.45) is 5.92 Å². The number of nitrogens with one attached hydrogen (secondary N) is 1. The van der Waals surface area contributed by atoms with Gasteiger partial charge in [0.1, 0.15) is 0 Å². The van der Waals surface area contributed by atoms with Crippen molar-refractivity contribution >= 4 is 5.91 Å². The van der Waals surface area contributed by atoms with Crippen LogP contribution < -0.4 is 5.32 Å². The van der Waals surface area contributed by atoms with E-state index in [4.69, 9.17) is 5.11 Å². The Balaban J connectivity index is 2.03. The number of alkyl halides is 2. The second-order valence-electron chi connectivity index (χ2n) is 4.22. The van der Waals surface area contributed by atoms with Crippen LogP contribution in [0.2, 0.25) is 0 Å². The van der Waals surface area contributed by atoms with Crippen molar-refractivity contribution in [3.8, 4) is 0 Å². The van der Waals surface area contributed by atoms with Crippen LogP contribution in [-0.2, 0) is 4.79 Å². The van der Waals surface area contributed by atoms with Gasteiger partial charge in [-0.05, 0) is 0 Å². The molecule has 0 bridgehead atoms. The zero-order valence-electron chi connectivity index (χ0n) is 8.25. The summed E-state index contributed by atoms with van der Waals surface area (Å²) in [6, 6.07) is -0.715. The predicted molar refractivity (Wildman–Crippen MR) is 48.5 cm³/mol. The summed E-state index contributed by atoms with van der Waals surface area (Å²) in [6.45, 7) is 0.174. The number of amides is 1. The zero-order chi connectivity index (χ0) is 11.1. The molecule has 0 spiro atoms. The number of nitrogens with zero attached hydrogens (tertiary/aromatic N) is 1. The van der Waals surface area contributed by atoms with E-state index in [9.17, 15) is 13.6 Å². The molecule has 2 rings (SSSR count). The lowest BCUT2D eigenvalue weighted by Crippen LogP contribution is -2.53. The Bertz CT molecular complexity index is 269. The van der Waals surface area contributed by atoms with E-state index in [1.165, 1.54) is 0 Å². The molecule has 2 N–H and O–H groups in total. The van der Waals surface area contributed by atoms with Gasteiger partial charge in [-0.2, -0.15) is 0 Å². The van der Waals surface area contributed by atoms with Crippen LogP contribution >= 0.6 is 0 Å². The summed E-state index contributed by atoms with van der Waals surface area (Å²) >= 11 is 0. The van der Waals surface area contributed by atoms with Crippen molar-refractivity contribution in [3.63, 3.8) is 0 Å². The maximum Gasteiger partial charge on any atom is 0.267 e. The largest absolute Gasteiger partial charge is 0.394 e. The van der Waals surface area contributed by atoms with Gasteiger partial charge in [-0.25, -0.2) is 8.78 Å². The van der Waals surface area contributed by atoms with Gasteiger partial charge in [0.15, 0.2) is 0 Å². The van der Waals surface area contributed by atoms with Gasteiger partial charge >= 0.3 is 0 Å². The summed E-state index contributed by atoms with van der Waals surface area (Å²) in [6.07, 6.45) is -0.421. The molecular weight excluding hydrogens is 206 g/mol. The quantitative estimate of drug-likeness (QED) is 0.655. The number of rotatable bonds is 2. The maximum absolute atomic E-state index is 13.1.